The number of alkyl halides is 3. The first-order valence-corrected chi connectivity index (χ1v) is 12.1. The van der Waals surface area contributed by atoms with Crippen molar-refractivity contribution in [1.29, 1.82) is 0 Å². The second kappa shape index (κ2) is 7.94. The highest BCUT2D eigenvalue weighted by molar-refractivity contribution is 7.18. The molecule has 2 saturated heterocycles. The first-order chi connectivity index (χ1) is 15.6. The van der Waals surface area contributed by atoms with Crippen LogP contribution in [0, 0.1) is 18.3 Å². The second-order valence-electron chi connectivity index (χ2n) is 10.00. The molecular weight excluding hydrogens is 449 g/mol. The molecule has 1 unspecified atom stereocenters. The van der Waals surface area contributed by atoms with Crippen molar-refractivity contribution in [2.24, 2.45) is 18.4 Å². The van der Waals surface area contributed by atoms with E-state index in [1.165, 1.54) is 17.6 Å². The van der Waals surface area contributed by atoms with Gasteiger partial charge in [-0.05, 0) is 25.3 Å². The number of aromatic nitrogens is 4. The molecule has 3 aromatic heterocycles. The number of fused-ring (bicyclic) bond motifs is 1. The Labute approximate surface area is 195 Å². The fourth-order valence-corrected chi connectivity index (χ4v) is 6.62. The Hall–Kier alpha value is -2.20. The molecule has 2 aliphatic rings. The summed E-state index contributed by atoms with van der Waals surface area (Å²) in [6.45, 7) is 10.4. The van der Waals surface area contributed by atoms with Gasteiger partial charge in [-0.3, -0.25) is 9.58 Å². The third-order valence-corrected chi connectivity index (χ3v) is 8.21. The molecule has 0 aliphatic carbocycles. The largest absolute Gasteiger partial charge is 0.393 e. The van der Waals surface area contributed by atoms with E-state index in [0.717, 1.165) is 55.1 Å². The fourth-order valence-electron chi connectivity index (χ4n) is 5.60. The van der Waals surface area contributed by atoms with Crippen molar-refractivity contribution < 1.29 is 13.2 Å². The van der Waals surface area contributed by atoms with E-state index in [-0.39, 0.29) is 10.3 Å². The minimum Gasteiger partial charge on any atom is -0.355 e. The average Bonchev–Trinajstić information content (AvgIpc) is 3.39. The molecular formula is C23H29F3N6S. The Morgan fingerprint density at radius 1 is 1.18 bits per heavy atom. The van der Waals surface area contributed by atoms with Gasteiger partial charge in [0.15, 0.2) is 0 Å². The lowest BCUT2D eigenvalue weighted by atomic mass is 9.76. The Balaban J connectivity index is 1.32. The van der Waals surface area contributed by atoms with Gasteiger partial charge in [0.25, 0.3) is 0 Å². The Morgan fingerprint density at radius 3 is 2.58 bits per heavy atom. The van der Waals surface area contributed by atoms with E-state index in [1.54, 1.807) is 6.07 Å². The lowest BCUT2D eigenvalue weighted by Gasteiger charge is -2.52. The van der Waals surface area contributed by atoms with Gasteiger partial charge in [-0.2, -0.15) is 18.3 Å². The zero-order chi connectivity index (χ0) is 23.5. The van der Waals surface area contributed by atoms with E-state index in [1.807, 2.05) is 17.9 Å². The van der Waals surface area contributed by atoms with Gasteiger partial charge < -0.3 is 4.90 Å². The molecule has 0 N–H and O–H groups in total. The molecule has 5 rings (SSSR count). The summed E-state index contributed by atoms with van der Waals surface area (Å²) in [4.78, 5) is 14.4. The summed E-state index contributed by atoms with van der Waals surface area (Å²) in [5.74, 6) is 1.24. The predicted molar refractivity (Wildman–Crippen MR) is 124 cm³/mol. The molecule has 33 heavy (non-hydrogen) atoms. The number of aryl methyl sites for hydroxylation is 1. The van der Waals surface area contributed by atoms with Crippen molar-refractivity contribution in [3.63, 3.8) is 0 Å². The van der Waals surface area contributed by atoms with Crippen molar-refractivity contribution in [3.8, 4) is 0 Å². The summed E-state index contributed by atoms with van der Waals surface area (Å²) in [6, 6.07) is 1.96. The highest BCUT2D eigenvalue weighted by Gasteiger charge is 2.50. The number of anilines is 1. The topological polar surface area (TPSA) is 50.1 Å². The van der Waals surface area contributed by atoms with E-state index in [2.05, 4.69) is 45.6 Å². The minimum atomic E-state index is -4.22. The number of likely N-dealkylation sites (tertiary alicyclic amines) is 1. The van der Waals surface area contributed by atoms with Crippen LogP contribution in [0.5, 0.6) is 0 Å². The van der Waals surface area contributed by atoms with Crippen LogP contribution in [0.25, 0.3) is 10.2 Å². The van der Waals surface area contributed by atoms with E-state index in [4.69, 9.17) is 0 Å². The summed E-state index contributed by atoms with van der Waals surface area (Å²) in [6.07, 6.45) is -0.606. The van der Waals surface area contributed by atoms with Crippen LogP contribution in [0.4, 0.5) is 19.0 Å². The molecule has 10 heteroatoms. The molecule has 0 aromatic carbocycles. The van der Waals surface area contributed by atoms with Crippen molar-refractivity contribution >= 4 is 27.4 Å². The minimum absolute atomic E-state index is 0.200. The van der Waals surface area contributed by atoms with Crippen LogP contribution in [0.3, 0.4) is 0 Å². The Kier molecular flexibility index (Phi) is 5.43. The number of hydrogen-bond acceptors (Lipinski definition) is 6. The number of halogens is 3. The van der Waals surface area contributed by atoms with Gasteiger partial charge in [0.2, 0.25) is 0 Å². The Morgan fingerprint density at radius 2 is 1.94 bits per heavy atom. The molecule has 178 valence electrons. The average molecular weight is 479 g/mol. The molecule has 0 bridgehead atoms. The Bertz CT molecular complexity index is 1160. The highest BCUT2D eigenvalue weighted by atomic mass is 32.1. The molecule has 0 radical (unpaired) electrons. The van der Waals surface area contributed by atoms with Crippen molar-refractivity contribution in [2.45, 2.75) is 45.8 Å². The van der Waals surface area contributed by atoms with E-state index in [9.17, 15) is 13.2 Å². The maximum absolute atomic E-state index is 12.9. The summed E-state index contributed by atoms with van der Waals surface area (Å²) in [5, 5.41) is 5.19. The summed E-state index contributed by atoms with van der Waals surface area (Å²) < 4.78 is 40.6. The zero-order valence-corrected chi connectivity index (χ0v) is 20.2. The number of thiophene rings is 1. The number of hydrogen-bond donors (Lipinski definition) is 0. The molecule has 2 fully saturated rings. The lowest BCUT2D eigenvalue weighted by Crippen LogP contribution is -2.59. The fraction of sp³-hybridized carbons (Fsp3) is 0.609. The van der Waals surface area contributed by atoms with Crippen LogP contribution in [0.15, 0.2) is 18.6 Å². The number of rotatable bonds is 5. The van der Waals surface area contributed by atoms with Gasteiger partial charge in [-0.1, -0.05) is 13.8 Å². The van der Waals surface area contributed by atoms with Crippen LogP contribution >= 0.6 is 11.3 Å². The molecule has 1 atom stereocenters. The van der Waals surface area contributed by atoms with Crippen LogP contribution in [-0.4, -0.2) is 57.0 Å². The SMILES string of the molecule is Cc1c(C(C(C)C)N2CC3(CCN(c4ncnc5sc(CC(F)(F)F)cc45)C3)C2)cnn1C. The molecule has 1 spiro atoms. The number of nitrogens with zero attached hydrogens (tertiary/aromatic N) is 6. The van der Waals surface area contributed by atoms with Gasteiger partial charge in [0, 0.05) is 60.8 Å². The predicted octanol–water partition coefficient (Wildman–Crippen LogP) is 4.75. The molecule has 5 heterocycles. The third-order valence-electron chi connectivity index (χ3n) is 7.17. The van der Waals surface area contributed by atoms with Crippen LogP contribution in [0.1, 0.15) is 42.4 Å². The van der Waals surface area contributed by atoms with Gasteiger partial charge >= 0.3 is 6.18 Å². The maximum Gasteiger partial charge on any atom is 0.393 e. The van der Waals surface area contributed by atoms with Crippen molar-refractivity contribution in [2.75, 3.05) is 31.1 Å². The smallest absolute Gasteiger partial charge is 0.355 e. The van der Waals surface area contributed by atoms with Crippen molar-refractivity contribution in [3.05, 3.63) is 34.7 Å². The quantitative estimate of drug-likeness (QED) is 0.530. The van der Waals surface area contributed by atoms with Crippen LogP contribution in [-0.2, 0) is 13.5 Å². The monoisotopic (exact) mass is 478 g/mol. The van der Waals surface area contributed by atoms with Gasteiger partial charge in [-0.25, -0.2) is 9.97 Å². The molecule has 3 aromatic rings. The summed E-state index contributed by atoms with van der Waals surface area (Å²) >= 11 is 1.11. The van der Waals surface area contributed by atoms with E-state index < -0.39 is 12.6 Å². The lowest BCUT2D eigenvalue weighted by molar-refractivity contribution is -0.126. The molecule has 0 saturated carbocycles. The molecule has 2 aliphatic heterocycles. The normalized spacial score (nSPS) is 19.7. The van der Waals surface area contributed by atoms with Gasteiger partial charge in [-0.15, -0.1) is 11.3 Å². The second-order valence-corrected chi connectivity index (χ2v) is 11.1. The third kappa shape index (κ3) is 4.12. The molecule has 0 amide bonds. The van der Waals surface area contributed by atoms with Gasteiger partial charge in [0.1, 0.15) is 17.0 Å². The highest BCUT2D eigenvalue weighted by Crippen LogP contribution is 2.47. The standard InChI is InChI=1S/C23H29F3N6S/c1-14(2)19(18-9-29-30(4)15(18)3)32-11-22(12-32)5-6-31(10-22)20-17-7-16(8-23(24,25)26)33-21(17)28-13-27-20/h7,9,13-14,19H,5-6,8,10-12H2,1-4H3. The van der Waals surface area contributed by atoms with E-state index >= 15 is 0 Å². The van der Waals surface area contributed by atoms with E-state index in [0.29, 0.717) is 16.8 Å². The summed E-state index contributed by atoms with van der Waals surface area (Å²) in [5.41, 5.74) is 2.70. The molecule has 6 nitrogen and oxygen atoms in total. The summed E-state index contributed by atoms with van der Waals surface area (Å²) in [7, 11) is 1.98. The van der Waals surface area contributed by atoms with Crippen LogP contribution < -0.4 is 4.90 Å². The van der Waals surface area contributed by atoms with Crippen LogP contribution in [0.2, 0.25) is 0 Å². The zero-order valence-electron chi connectivity index (χ0n) is 19.4. The maximum atomic E-state index is 12.9. The van der Waals surface area contributed by atoms with Crippen molar-refractivity contribution in [1.82, 2.24) is 24.6 Å². The van der Waals surface area contributed by atoms with Gasteiger partial charge in [0.05, 0.1) is 18.0 Å². The first kappa shape index (κ1) is 22.6. The first-order valence-electron chi connectivity index (χ1n) is 11.3.